The fourth-order valence-electron chi connectivity index (χ4n) is 1.81. The van der Waals surface area contributed by atoms with Crippen LogP contribution in [-0.4, -0.2) is 30.4 Å². The van der Waals surface area contributed by atoms with E-state index in [1.54, 1.807) is 23.1 Å². The molecule has 0 aliphatic rings. The summed E-state index contributed by atoms with van der Waals surface area (Å²) in [7, 11) is 0. The van der Waals surface area contributed by atoms with E-state index in [1.165, 1.54) is 0 Å². The van der Waals surface area contributed by atoms with Gasteiger partial charge >= 0.3 is 0 Å². The normalized spacial score (nSPS) is 9.74. The van der Waals surface area contributed by atoms with Gasteiger partial charge < -0.3 is 16.0 Å². The number of nitrogens with zero attached hydrogens (tertiary/aromatic N) is 2. The van der Waals surface area contributed by atoms with E-state index < -0.39 is 0 Å². The number of hydrogen-bond donors (Lipinski definition) is 2. The van der Waals surface area contributed by atoms with Crippen LogP contribution < -0.4 is 11.1 Å². The molecule has 0 aliphatic carbocycles. The zero-order valence-corrected chi connectivity index (χ0v) is 11.4. The monoisotopic (exact) mass is 260 g/mol. The number of rotatable bonds is 6. The van der Waals surface area contributed by atoms with Crippen LogP contribution in [0.1, 0.15) is 25.8 Å². The van der Waals surface area contributed by atoms with E-state index in [-0.39, 0.29) is 5.91 Å². The largest absolute Gasteiger partial charge is 0.398 e. The zero-order chi connectivity index (χ0) is 14.3. The summed E-state index contributed by atoms with van der Waals surface area (Å²) in [6.07, 6.45) is 0.438. The van der Waals surface area contributed by atoms with Crippen LogP contribution in [0, 0.1) is 11.3 Å². The quantitative estimate of drug-likeness (QED) is 0.764. The van der Waals surface area contributed by atoms with Crippen molar-refractivity contribution in [1.82, 2.24) is 4.90 Å². The maximum Gasteiger partial charge on any atom is 0.224 e. The van der Waals surface area contributed by atoms with Gasteiger partial charge in [0.2, 0.25) is 5.91 Å². The number of nitrogen functional groups attached to an aromatic ring is 1. The molecule has 0 saturated carbocycles. The van der Waals surface area contributed by atoms with Crippen molar-refractivity contribution >= 4 is 17.3 Å². The van der Waals surface area contributed by atoms with Crippen molar-refractivity contribution < 1.29 is 4.79 Å². The van der Waals surface area contributed by atoms with Gasteiger partial charge in [-0.2, -0.15) is 5.26 Å². The van der Waals surface area contributed by atoms with Crippen LogP contribution in [0.15, 0.2) is 18.2 Å². The molecule has 1 aromatic rings. The summed E-state index contributed by atoms with van der Waals surface area (Å²) in [5.74, 6) is 0.133. The minimum Gasteiger partial charge on any atom is -0.398 e. The van der Waals surface area contributed by atoms with Gasteiger partial charge in [-0.25, -0.2) is 0 Å². The lowest BCUT2D eigenvalue weighted by molar-refractivity contribution is -0.130. The van der Waals surface area contributed by atoms with E-state index in [9.17, 15) is 4.79 Å². The Bertz CT molecular complexity index is 475. The number of nitrogens with one attached hydrogen (secondary N) is 1. The minimum absolute atomic E-state index is 0.133. The van der Waals surface area contributed by atoms with E-state index in [4.69, 9.17) is 11.0 Å². The Kier molecular flexibility index (Phi) is 5.68. The molecule has 0 bridgehead atoms. The van der Waals surface area contributed by atoms with Gasteiger partial charge in [-0.15, -0.1) is 0 Å². The van der Waals surface area contributed by atoms with Gasteiger partial charge in [0.15, 0.2) is 0 Å². The lowest BCUT2D eigenvalue weighted by Crippen LogP contribution is -2.31. The first kappa shape index (κ1) is 14.8. The van der Waals surface area contributed by atoms with E-state index in [0.29, 0.717) is 24.2 Å². The van der Waals surface area contributed by atoms with Crippen molar-refractivity contribution in [3.63, 3.8) is 0 Å². The fraction of sp³-hybridized carbons (Fsp3) is 0.429. The maximum absolute atomic E-state index is 11.8. The number of carbonyl (C=O) groups is 1. The van der Waals surface area contributed by atoms with Gasteiger partial charge in [-0.1, -0.05) is 0 Å². The van der Waals surface area contributed by atoms with Crippen molar-refractivity contribution in [2.75, 3.05) is 30.7 Å². The van der Waals surface area contributed by atoms with Crippen molar-refractivity contribution in [2.45, 2.75) is 20.3 Å². The molecule has 3 N–H and O–H groups in total. The number of hydrogen-bond acceptors (Lipinski definition) is 4. The van der Waals surface area contributed by atoms with Crippen molar-refractivity contribution in [1.29, 1.82) is 5.26 Å². The lowest BCUT2D eigenvalue weighted by atomic mass is 10.2. The Morgan fingerprint density at radius 2 is 2.11 bits per heavy atom. The van der Waals surface area contributed by atoms with Crippen molar-refractivity contribution in [3.8, 4) is 6.07 Å². The summed E-state index contributed by atoms with van der Waals surface area (Å²) in [4.78, 5) is 13.6. The van der Waals surface area contributed by atoms with Crippen LogP contribution in [0.4, 0.5) is 11.4 Å². The molecule has 0 unspecified atom stereocenters. The van der Waals surface area contributed by atoms with E-state index in [0.717, 1.165) is 18.8 Å². The highest BCUT2D eigenvalue weighted by atomic mass is 16.2. The van der Waals surface area contributed by atoms with Gasteiger partial charge in [0.05, 0.1) is 5.56 Å². The summed E-state index contributed by atoms with van der Waals surface area (Å²) in [5.41, 5.74) is 7.35. The fourth-order valence-corrected chi connectivity index (χ4v) is 1.81. The first-order valence-electron chi connectivity index (χ1n) is 6.43. The maximum atomic E-state index is 11.8. The van der Waals surface area contributed by atoms with Crippen LogP contribution >= 0.6 is 0 Å². The average molecular weight is 260 g/mol. The van der Waals surface area contributed by atoms with Crippen LogP contribution in [0.25, 0.3) is 0 Å². The SMILES string of the molecule is CCN(CC)C(=O)CCNc1ccc(N)c(C#N)c1. The molecule has 19 heavy (non-hydrogen) atoms. The molecule has 1 rings (SSSR count). The molecule has 0 atom stereocenters. The highest BCUT2D eigenvalue weighted by molar-refractivity contribution is 5.76. The molecule has 0 radical (unpaired) electrons. The molecular formula is C14H20N4O. The second-order valence-corrected chi connectivity index (χ2v) is 4.16. The van der Waals surface area contributed by atoms with Gasteiger partial charge in [0.25, 0.3) is 0 Å². The molecule has 5 heteroatoms. The Morgan fingerprint density at radius 3 is 2.68 bits per heavy atom. The Hall–Kier alpha value is -2.22. The first-order valence-corrected chi connectivity index (χ1v) is 6.43. The predicted octanol–water partition coefficient (Wildman–Crippen LogP) is 1.81. The highest BCUT2D eigenvalue weighted by Crippen LogP contribution is 2.16. The van der Waals surface area contributed by atoms with Crippen LogP contribution in [0.2, 0.25) is 0 Å². The molecule has 0 spiro atoms. The van der Waals surface area contributed by atoms with Gasteiger partial charge in [0, 0.05) is 37.4 Å². The summed E-state index contributed by atoms with van der Waals surface area (Å²) in [5, 5.41) is 12.0. The third kappa shape index (κ3) is 4.18. The molecule has 0 aliphatic heterocycles. The predicted molar refractivity (Wildman–Crippen MR) is 76.6 cm³/mol. The van der Waals surface area contributed by atoms with Crippen LogP contribution in [0.3, 0.4) is 0 Å². The Labute approximate surface area is 114 Å². The van der Waals surface area contributed by atoms with E-state index >= 15 is 0 Å². The zero-order valence-electron chi connectivity index (χ0n) is 11.4. The number of carbonyl (C=O) groups excluding carboxylic acids is 1. The summed E-state index contributed by atoms with van der Waals surface area (Å²) in [6, 6.07) is 7.21. The average Bonchev–Trinajstić information content (AvgIpc) is 2.42. The van der Waals surface area contributed by atoms with Gasteiger partial charge in [0.1, 0.15) is 6.07 Å². The third-order valence-corrected chi connectivity index (χ3v) is 2.96. The minimum atomic E-state index is 0.133. The lowest BCUT2D eigenvalue weighted by Gasteiger charge is -2.18. The second-order valence-electron chi connectivity index (χ2n) is 4.16. The molecule has 5 nitrogen and oxygen atoms in total. The molecule has 0 heterocycles. The van der Waals surface area contributed by atoms with Crippen LogP contribution in [-0.2, 0) is 4.79 Å². The van der Waals surface area contributed by atoms with Crippen molar-refractivity contribution in [3.05, 3.63) is 23.8 Å². The molecule has 102 valence electrons. The summed E-state index contributed by atoms with van der Waals surface area (Å²) < 4.78 is 0. The van der Waals surface area contributed by atoms with Crippen molar-refractivity contribution in [2.24, 2.45) is 0 Å². The molecular weight excluding hydrogens is 240 g/mol. The van der Waals surface area contributed by atoms with E-state index in [2.05, 4.69) is 5.32 Å². The van der Waals surface area contributed by atoms with Gasteiger partial charge in [-0.05, 0) is 32.0 Å². The number of benzene rings is 1. The van der Waals surface area contributed by atoms with E-state index in [1.807, 2.05) is 19.9 Å². The third-order valence-electron chi connectivity index (χ3n) is 2.96. The molecule has 0 aromatic heterocycles. The Balaban J connectivity index is 2.50. The van der Waals surface area contributed by atoms with Gasteiger partial charge in [-0.3, -0.25) is 4.79 Å². The number of anilines is 2. The number of amides is 1. The number of nitrogens with two attached hydrogens (primary N) is 1. The Morgan fingerprint density at radius 1 is 1.42 bits per heavy atom. The summed E-state index contributed by atoms with van der Waals surface area (Å²) in [6.45, 7) is 5.94. The van der Waals surface area contributed by atoms with Crippen LogP contribution in [0.5, 0.6) is 0 Å². The second kappa shape index (κ2) is 7.27. The smallest absolute Gasteiger partial charge is 0.224 e. The molecule has 1 amide bonds. The number of nitriles is 1. The summed E-state index contributed by atoms with van der Waals surface area (Å²) >= 11 is 0. The highest BCUT2D eigenvalue weighted by Gasteiger charge is 2.08. The molecule has 0 fully saturated rings. The topological polar surface area (TPSA) is 82.2 Å². The molecule has 1 aromatic carbocycles. The standard InChI is InChI=1S/C14H20N4O/c1-3-18(4-2)14(19)7-8-17-12-5-6-13(16)11(9-12)10-15/h5-6,9,17H,3-4,7-8,16H2,1-2H3. The first-order chi connectivity index (χ1) is 9.12. The molecule has 0 saturated heterocycles.